The molecule has 1 aliphatic heterocycles. The Morgan fingerprint density at radius 3 is 2.85 bits per heavy atom. The maximum atomic E-state index is 11.4. The Morgan fingerprint density at radius 1 is 1.42 bits per heavy atom. The van der Waals surface area contributed by atoms with Crippen molar-refractivity contribution in [1.29, 1.82) is 0 Å². The van der Waals surface area contributed by atoms with E-state index in [-0.39, 0.29) is 12.2 Å². The summed E-state index contributed by atoms with van der Waals surface area (Å²) in [7, 11) is -5.20. The van der Waals surface area contributed by atoms with Crippen LogP contribution in [0.4, 0.5) is 5.82 Å². The number of phosphoric ester groups is 1. The number of fused-ring (bicyclic) bond motifs is 1. The van der Waals surface area contributed by atoms with Crippen LogP contribution in [0.15, 0.2) is 12.7 Å². The van der Waals surface area contributed by atoms with Crippen LogP contribution in [0, 0.1) is 0 Å². The summed E-state index contributed by atoms with van der Waals surface area (Å²) in [5, 5.41) is 10.0. The van der Waals surface area contributed by atoms with E-state index in [1.807, 2.05) is 0 Å². The zero-order chi connectivity index (χ0) is 19.1. The van der Waals surface area contributed by atoms with E-state index in [9.17, 15) is 24.4 Å². The standard InChI is InChI=1S/C10H15N5O8P2S/c11-9-8-10(13-3-12-9)15(4-14-8)7-1-5(16)6(22-7)2-21-24(17,18)23-25(19,20)26/h3-7,16H,1-2H2,(H,17,18)(H2,11,12,13)(H2,19,20,26)/p-3/t5-,6+,7+/m0/s1. The van der Waals surface area contributed by atoms with Crippen LogP contribution in [0.1, 0.15) is 12.6 Å². The number of ether oxygens (including phenoxy) is 1. The molecule has 0 spiro atoms. The Kier molecular flexibility index (Phi) is 5.43. The molecule has 26 heavy (non-hydrogen) atoms. The number of phosphoric acid groups is 1. The van der Waals surface area contributed by atoms with Gasteiger partial charge in [-0.05, 0) is 0 Å². The first-order valence-electron chi connectivity index (χ1n) is 7.01. The molecule has 1 aliphatic rings. The normalized spacial score (nSPS) is 26.2. The summed E-state index contributed by atoms with van der Waals surface area (Å²) in [6.07, 6.45) is -0.188. The average Bonchev–Trinajstić information content (AvgIpc) is 3.07. The molecule has 2 aromatic heterocycles. The van der Waals surface area contributed by atoms with Gasteiger partial charge in [-0.15, -0.1) is 11.8 Å². The van der Waals surface area contributed by atoms with Gasteiger partial charge in [0.05, 0.1) is 19.0 Å². The minimum atomic E-state index is -5.20. The summed E-state index contributed by atoms with van der Waals surface area (Å²) >= 11 is 3.85. The van der Waals surface area contributed by atoms with Gasteiger partial charge >= 0.3 is 0 Å². The van der Waals surface area contributed by atoms with Crippen molar-refractivity contribution in [2.24, 2.45) is 0 Å². The number of imidazole rings is 1. The second-order valence-corrected chi connectivity index (χ2v) is 9.33. The maximum Gasteiger partial charge on any atom is 0.269 e. The molecule has 3 N–H and O–H groups in total. The minimum absolute atomic E-state index is 0.0779. The third kappa shape index (κ3) is 4.43. The van der Waals surface area contributed by atoms with Crippen molar-refractivity contribution in [2.75, 3.05) is 12.3 Å². The van der Waals surface area contributed by atoms with E-state index in [1.165, 1.54) is 17.2 Å². The van der Waals surface area contributed by atoms with Crippen LogP contribution in [0.5, 0.6) is 0 Å². The van der Waals surface area contributed by atoms with E-state index in [0.717, 1.165) is 0 Å². The predicted octanol–water partition coefficient (Wildman–Crippen LogP) is -2.50. The first kappa shape index (κ1) is 19.7. The quantitative estimate of drug-likeness (QED) is 0.461. The Labute approximate surface area is 151 Å². The fraction of sp³-hybridized carbons (Fsp3) is 0.500. The van der Waals surface area contributed by atoms with Crippen LogP contribution in [-0.2, 0) is 29.9 Å². The number of nitrogens with zero attached hydrogens (tertiary/aromatic N) is 4. The van der Waals surface area contributed by atoms with E-state index < -0.39 is 39.6 Å². The van der Waals surface area contributed by atoms with Gasteiger partial charge in [0.15, 0.2) is 11.5 Å². The highest BCUT2D eigenvalue weighted by atomic mass is 32.5. The SMILES string of the molecule is Nc1ncnc2c1ncn2[C@H]1C[C@H](O)[C@@H](COP(=O)([O-])OP([O-])([O-])=S)O1. The molecule has 1 unspecified atom stereocenters. The number of aliphatic hydroxyl groups excluding tert-OH is 1. The number of anilines is 1. The zero-order valence-electron chi connectivity index (χ0n) is 12.8. The number of hydrogen-bond acceptors (Lipinski definition) is 13. The fourth-order valence-electron chi connectivity index (χ4n) is 2.43. The van der Waals surface area contributed by atoms with Crippen molar-refractivity contribution in [3.05, 3.63) is 12.7 Å². The average molecular weight is 424 g/mol. The van der Waals surface area contributed by atoms with Crippen LogP contribution in [0.25, 0.3) is 11.2 Å². The summed E-state index contributed by atoms with van der Waals surface area (Å²) in [4.78, 5) is 44.8. The third-order valence-electron chi connectivity index (χ3n) is 3.50. The van der Waals surface area contributed by atoms with Gasteiger partial charge in [-0.25, -0.2) is 15.0 Å². The molecule has 0 amide bonds. The van der Waals surface area contributed by atoms with Crippen molar-refractivity contribution in [3.63, 3.8) is 0 Å². The highest BCUT2D eigenvalue weighted by molar-refractivity contribution is 8.06. The molecule has 16 heteroatoms. The zero-order valence-corrected chi connectivity index (χ0v) is 15.4. The highest BCUT2D eigenvalue weighted by Gasteiger charge is 2.36. The second-order valence-electron chi connectivity index (χ2n) is 5.29. The summed E-state index contributed by atoms with van der Waals surface area (Å²) < 4.78 is 26.6. The Bertz CT molecular complexity index is 905. The monoisotopic (exact) mass is 424 g/mol. The molecule has 1 fully saturated rings. The number of rotatable bonds is 6. The first-order chi connectivity index (χ1) is 12.1. The molecule has 0 aromatic carbocycles. The lowest BCUT2D eigenvalue weighted by Crippen LogP contribution is -2.28. The molecule has 0 saturated carbocycles. The maximum absolute atomic E-state index is 11.4. The van der Waals surface area contributed by atoms with Gasteiger partial charge in [0.1, 0.15) is 24.2 Å². The van der Waals surface area contributed by atoms with E-state index in [2.05, 4.69) is 35.6 Å². The molecular formula is C10H12N5O8P2S-3. The van der Waals surface area contributed by atoms with Crippen molar-refractivity contribution in [3.8, 4) is 0 Å². The number of nitrogen functional groups attached to an aromatic ring is 1. The van der Waals surface area contributed by atoms with E-state index in [1.54, 1.807) is 0 Å². The van der Waals surface area contributed by atoms with Gasteiger partial charge in [-0.2, -0.15) is 0 Å². The smallest absolute Gasteiger partial charge is 0.269 e. The Balaban J connectivity index is 1.69. The van der Waals surface area contributed by atoms with Gasteiger partial charge in [-0.3, -0.25) is 9.13 Å². The number of hydrogen-bond donors (Lipinski definition) is 2. The van der Waals surface area contributed by atoms with Crippen LogP contribution in [0.2, 0.25) is 0 Å². The summed E-state index contributed by atoms with van der Waals surface area (Å²) in [6, 6.07) is 0. The minimum Gasteiger partial charge on any atom is -0.812 e. The van der Waals surface area contributed by atoms with Crippen LogP contribution in [0.3, 0.4) is 0 Å². The van der Waals surface area contributed by atoms with Gasteiger partial charge in [0.25, 0.3) is 7.82 Å². The molecule has 3 rings (SSSR count). The number of aliphatic hydroxyl groups is 1. The molecular weight excluding hydrogens is 412 g/mol. The van der Waals surface area contributed by atoms with Gasteiger partial charge < -0.3 is 39.1 Å². The van der Waals surface area contributed by atoms with Crippen molar-refractivity contribution >= 4 is 43.3 Å². The van der Waals surface area contributed by atoms with Crippen LogP contribution < -0.4 is 20.4 Å². The molecule has 4 atom stereocenters. The molecule has 1 saturated heterocycles. The summed E-state index contributed by atoms with van der Waals surface area (Å²) in [5.41, 5.74) is 6.41. The first-order valence-corrected chi connectivity index (χ1v) is 11.0. The molecule has 144 valence electrons. The van der Waals surface area contributed by atoms with E-state index in [4.69, 9.17) is 10.5 Å². The largest absolute Gasteiger partial charge is 0.812 e. The molecule has 3 heterocycles. The van der Waals surface area contributed by atoms with Gasteiger partial charge in [0, 0.05) is 6.42 Å². The lowest BCUT2D eigenvalue weighted by Gasteiger charge is -2.39. The Hall–Kier alpha value is -1.05. The van der Waals surface area contributed by atoms with Crippen LogP contribution in [-0.4, -0.2) is 43.4 Å². The van der Waals surface area contributed by atoms with Crippen molar-refractivity contribution in [2.45, 2.75) is 24.9 Å². The molecule has 0 bridgehead atoms. The van der Waals surface area contributed by atoms with Gasteiger partial charge in [-0.1, -0.05) is 6.72 Å². The summed E-state index contributed by atoms with van der Waals surface area (Å²) in [5.74, 6) is 0.169. The highest BCUT2D eigenvalue weighted by Crippen LogP contribution is 2.51. The molecule has 2 aromatic rings. The van der Waals surface area contributed by atoms with Crippen molar-refractivity contribution in [1.82, 2.24) is 19.5 Å². The molecule has 13 nitrogen and oxygen atoms in total. The third-order valence-corrected chi connectivity index (χ3v) is 6.16. The lowest BCUT2D eigenvalue weighted by atomic mass is 10.2. The number of nitrogens with two attached hydrogens (primary N) is 1. The number of aromatic nitrogens is 4. The van der Waals surface area contributed by atoms with Crippen LogP contribution >= 0.6 is 14.5 Å². The Morgan fingerprint density at radius 2 is 2.15 bits per heavy atom. The molecule has 0 aliphatic carbocycles. The fourth-order valence-corrected chi connectivity index (χ4v) is 4.66. The second kappa shape index (κ2) is 7.17. The summed E-state index contributed by atoms with van der Waals surface area (Å²) in [6.45, 7) is -5.63. The topological polar surface area (TPSA) is 204 Å². The van der Waals surface area contributed by atoms with Crippen molar-refractivity contribution < 1.29 is 37.9 Å². The van der Waals surface area contributed by atoms with E-state index in [0.29, 0.717) is 11.2 Å². The molecule has 0 radical (unpaired) electrons. The van der Waals surface area contributed by atoms with E-state index >= 15 is 0 Å². The van der Waals surface area contributed by atoms with Gasteiger partial charge in [0.2, 0.25) is 0 Å². The lowest BCUT2D eigenvalue weighted by molar-refractivity contribution is -0.320. The predicted molar refractivity (Wildman–Crippen MR) is 83.2 cm³/mol.